The first kappa shape index (κ1) is 12.6. The number of rotatable bonds is 2. The third-order valence-corrected chi connectivity index (χ3v) is 3.75. The van der Waals surface area contributed by atoms with Gasteiger partial charge in [0.25, 0.3) is 5.91 Å². The number of nitrogens with one attached hydrogen (secondary N) is 1. The van der Waals surface area contributed by atoms with Gasteiger partial charge in [-0.3, -0.25) is 4.79 Å². The lowest BCUT2D eigenvalue weighted by Gasteiger charge is -2.35. The van der Waals surface area contributed by atoms with Crippen LogP contribution in [0.5, 0.6) is 0 Å². The van der Waals surface area contributed by atoms with E-state index in [0.29, 0.717) is 18.9 Å². The van der Waals surface area contributed by atoms with E-state index in [9.17, 15) is 4.79 Å². The maximum atomic E-state index is 11.9. The van der Waals surface area contributed by atoms with Crippen LogP contribution in [0.15, 0.2) is 10.6 Å². The first-order valence-corrected chi connectivity index (χ1v) is 6.69. The smallest absolute Gasteiger partial charge is 0.290 e. The van der Waals surface area contributed by atoms with Crippen molar-refractivity contribution in [3.63, 3.8) is 0 Å². The van der Waals surface area contributed by atoms with Crippen LogP contribution in [0.1, 0.15) is 41.9 Å². The van der Waals surface area contributed by atoms with Gasteiger partial charge in [0.15, 0.2) is 5.79 Å². The Bertz CT molecular complexity index is 455. The lowest BCUT2D eigenvalue weighted by Crippen LogP contribution is -2.43. The number of carbonyl (C=O) groups excluding carboxylic acids is 1. The molecular weight excluding hydrogens is 248 g/mol. The molecule has 0 atom stereocenters. The van der Waals surface area contributed by atoms with E-state index in [1.165, 1.54) is 0 Å². The van der Waals surface area contributed by atoms with Gasteiger partial charge in [0.05, 0.1) is 18.9 Å². The van der Waals surface area contributed by atoms with Gasteiger partial charge in [0, 0.05) is 24.9 Å². The predicted molar refractivity (Wildman–Crippen MR) is 65.6 cm³/mol. The molecule has 1 aliphatic carbocycles. The number of carbonyl (C=O) groups is 1. The first-order chi connectivity index (χ1) is 9.17. The number of amides is 1. The molecule has 3 rings (SSSR count). The largest absolute Gasteiger partial charge is 0.351 e. The van der Waals surface area contributed by atoms with Crippen molar-refractivity contribution >= 4 is 5.91 Å². The minimum absolute atomic E-state index is 0.149. The van der Waals surface area contributed by atoms with Crippen molar-refractivity contribution in [2.45, 2.75) is 44.4 Å². The molecule has 2 heterocycles. The van der Waals surface area contributed by atoms with Gasteiger partial charge in [-0.1, -0.05) is 5.16 Å². The van der Waals surface area contributed by atoms with E-state index in [1.54, 1.807) is 13.0 Å². The molecule has 1 saturated heterocycles. The summed E-state index contributed by atoms with van der Waals surface area (Å²) in [6, 6.07) is 1.79. The summed E-state index contributed by atoms with van der Waals surface area (Å²) < 4.78 is 16.3. The van der Waals surface area contributed by atoms with Gasteiger partial charge < -0.3 is 19.3 Å². The summed E-state index contributed by atoms with van der Waals surface area (Å²) in [4.78, 5) is 11.9. The molecule has 1 spiro atoms. The van der Waals surface area contributed by atoms with Crippen molar-refractivity contribution in [2.24, 2.45) is 0 Å². The molecule has 0 aromatic carbocycles. The summed E-state index contributed by atoms with van der Waals surface area (Å²) in [6.45, 7) is 3.14. The molecule has 0 unspecified atom stereocenters. The van der Waals surface area contributed by atoms with Crippen LogP contribution in [0.2, 0.25) is 0 Å². The Balaban J connectivity index is 1.53. The van der Waals surface area contributed by atoms with Crippen molar-refractivity contribution in [3.8, 4) is 0 Å². The number of aryl methyl sites for hydroxylation is 1. The Morgan fingerprint density at radius 2 is 2.05 bits per heavy atom. The molecule has 6 nitrogen and oxygen atoms in total. The van der Waals surface area contributed by atoms with Gasteiger partial charge in [0.1, 0.15) is 0 Å². The van der Waals surface area contributed by atoms with Crippen molar-refractivity contribution in [1.82, 2.24) is 10.5 Å². The van der Waals surface area contributed by atoms with Crippen LogP contribution in [0.25, 0.3) is 0 Å². The van der Waals surface area contributed by atoms with Crippen LogP contribution in [-0.2, 0) is 9.47 Å². The van der Waals surface area contributed by atoms with E-state index in [1.807, 2.05) is 0 Å². The highest BCUT2D eigenvalue weighted by molar-refractivity contribution is 5.91. The summed E-state index contributed by atoms with van der Waals surface area (Å²) in [6.07, 6.45) is 3.37. The second-order valence-corrected chi connectivity index (χ2v) is 5.19. The summed E-state index contributed by atoms with van der Waals surface area (Å²) in [5, 5.41) is 6.68. The molecule has 1 N–H and O–H groups in total. The van der Waals surface area contributed by atoms with E-state index < -0.39 is 0 Å². The molecule has 104 valence electrons. The van der Waals surface area contributed by atoms with Crippen molar-refractivity contribution in [2.75, 3.05) is 13.2 Å². The second-order valence-electron chi connectivity index (χ2n) is 5.19. The van der Waals surface area contributed by atoms with Crippen LogP contribution in [0.4, 0.5) is 0 Å². The van der Waals surface area contributed by atoms with Crippen LogP contribution < -0.4 is 5.32 Å². The molecule has 0 radical (unpaired) electrons. The van der Waals surface area contributed by atoms with Gasteiger partial charge in [0.2, 0.25) is 5.76 Å². The van der Waals surface area contributed by atoms with Gasteiger partial charge in [-0.15, -0.1) is 0 Å². The quantitative estimate of drug-likeness (QED) is 0.875. The third-order valence-electron chi connectivity index (χ3n) is 3.75. The van der Waals surface area contributed by atoms with Crippen molar-refractivity contribution in [1.29, 1.82) is 0 Å². The highest BCUT2D eigenvalue weighted by atomic mass is 16.7. The molecule has 1 saturated carbocycles. The monoisotopic (exact) mass is 266 g/mol. The fourth-order valence-corrected chi connectivity index (χ4v) is 2.71. The first-order valence-electron chi connectivity index (χ1n) is 6.69. The van der Waals surface area contributed by atoms with Crippen LogP contribution in [0, 0.1) is 6.92 Å². The van der Waals surface area contributed by atoms with Gasteiger partial charge in [-0.25, -0.2) is 0 Å². The molecule has 1 aromatic heterocycles. The number of nitrogens with zero attached hydrogens (tertiary/aromatic N) is 1. The normalized spacial score (nSPS) is 22.8. The lowest BCUT2D eigenvalue weighted by atomic mass is 9.90. The van der Waals surface area contributed by atoms with E-state index in [-0.39, 0.29) is 23.5 Å². The van der Waals surface area contributed by atoms with E-state index in [2.05, 4.69) is 10.5 Å². The summed E-state index contributed by atoms with van der Waals surface area (Å²) in [5.74, 6) is -0.315. The van der Waals surface area contributed by atoms with Crippen LogP contribution in [-0.4, -0.2) is 36.1 Å². The molecule has 1 amide bonds. The Morgan fingerprint density at radius 3 is 2.63 bits per heavy atom. The Kier molecular flexibility index (Phi) is 3.28. The average molecular weight is 266 g/mol. The zero-order valence-corrected chi connectivity index (χ0v) is 11.0. The maximum absolute atomic E-state index is 11.9. The molecular formula is C13H18N2O4. The standard InChI is InChI=1S/C13H18N2O4/c1-9-8-11(19-15-9)12(16)14-10-2-4-13(5-3-10)17-6-7-18-13/h8,10H,2-7H2,1H3,(H,14,16). The number of hydrogen-bond donors (Lipinski definition) is 1. The van der Waals surface area contributed by atoms with Crippen molar-refractivity contribution < 1.29 is 18.8 Å². The summed E-state index contributed by atoms with van der Waals surface area (Å²) in [5.41, 5.74) is 0.709. The fourth-order valence-electron chi connectivity index (χ4n) is 2.71. The zero-order valence-electron chi connectivity index (χ0n) is 11.0. The highest BCUT2D eigenvalue weighted by Crippen LogP contribution is 2.35. The molecule has 1 aliphatic heterocycles. The van der Waals surface area contributed by atoms with E-state index >= 15 is 0 Å². The lowest BCUT2D eigenvalue weighted by molar-refractivity contribution is -0.179. The summed E-state index contributed by atoms with van der Waals surface area (Å²) in [7, 11) is 0. The Labute approximate surface area is 111 Å². The van der Waals surface area contributed by atoms with Gasteiger partial charge in [-0.05, 0) is 19.8 Å². The van der Waals surface area contributed by atoms with Crippen molar-refractivity contribution in [3.05, 3.63) is 17.5 Å². The topological polar surface area (TPSA) is 73.6 Å². The zero-order chi connectivity index (χ0) is 13.3. The molecule has 0 bridgehead atoms. The number of aromatic nitrogens is 1. The molecule has 2 aliphatic rings. The van der Waals surface area contributed by atoms with Crippen LogP contribution >= 0.6 is 0 Å². The predicted octanol–water partition coefficient (Wildman–Crippen LogP) is 1.40. The Morgan fingerprint density at radius 1 is 1.37 bits per heavy atom. The van der Waals surface area contributed by atoms with Gasteiger partial charge in [-0.2, -0.15) is 0 Å². The molecule has 6 heteroatoms. The summed E-state index contributed by atoms with van der Waals surface area (Å²) >= 11 is 0. The number of hydrogen-bond acceptors (Lipinski definition) is 5. The third kappa shape index (κ3) is 2.64. The van der Waals surface area contributed by atoms with E-state index in [4.69, 9.17) is 14.0 Å². The minimum Gasteiger partial charge on any atom is -0.351 e. The van der Waals surface area contributed by atoms with E-state index in [0.717, 1.165) is 25.7 Å². The maximum Gasteiger partial charge on any atom is 0.290 e. The SMILES string of the molecule is Cc1cc(C(=O)NC2CCC3(CC2)OCCO3)on1. The molecule has 19 heavy (non-hydrogen) atoms. The number of ether oxygens (including phenoxy) is 2. The van der Waals surface area contributed by atoms with Crippen LogP contribution in [0.3, 0.4) is 0 Å². The fraction of sp³-hybridized carbons (Fsp3) is 0.692. The molecule has 1 aromatic rings. The molecule has 2 fully saturated rings. The second kappa shape index (κ2) is 4.94. The highest BCUT2D eigenvalue weighted by Gasteiger charge is 2.40. The average Bonchev–Trinajstić information content (AvgIpc) is 3.02. The minimum atomic E-state index is -0.385. The van der Waals surface area contributed by atoms with Gasteiger partial charge >= 0.3 is 0 Å². The Hall–Kier alpha value is -1.40.